The third-order valence-electron chi connectivity index (χ3n) is 3.30. The van der Waals surface area contributed by atoms with Crippen molar-refractivity contribution in [1.29, 1.82) is 0 Å². The number of rotatable bonds is 8. The van der Waals surface area contributed by atoms with Crippen molar-refractivity contribution in [2.45, 2.75) is 64.6 Å². The van der Waals surface area contributed by atoms with Gasteiger partial charge in [-0.05, 0) is 26.2 Å². The molecule has 4 heteroatoms. The van der Waals surface area contributed by atoms with Gasteiger partial charge < -0.3 is 10.1 Å². The summed E-state index contributed by atoms with van der Waals surface area (Å²) in [4.78, 5) is 6.22. The highest BCUT2D eigenvalue weighted by molar-refractivity contribution is 7.11. The molecule has 1 saturated carbocycles. The Bertz CT molecular complexity index is 374. The van der Waals surface area contributed by atoms with Crippen LogP contribution in [0.1, 0.15) is 48.7 Å². The van der Waals surface area contributed by atoms with Crippen LogP contribution in [0, 0.1) is 0 Å². The highest BCUT2D eigenvalue weighted by atomic mass is 32.1. The molecular formula is C14H24N2OS. The fourth-order valence-electron chi connectivity index (χ4n) is 1.95. The Morgan fingerprint density at radius 3 is 2.89 bits per heavy atom. The van der Waals surface area contributed by atoms with Gasteiger partial charge in [0.05, 0.1) is 16.8 Å². The summed E-state index contributed by atoms with van der Waals surface area (Å²) >= 11 is 1.86. The summed E-state index contributed by atoms with van der Waals surface area (Å²) in [6.07, 6.45) is 6.14. The van der Waals surface area contributed by atoms with E-state index in [0.29, 0.717) is 0 Å². The Balaban J connectivity index is 1.99. The minimum absolute atomic E-state index is 0.259. The lowest BCUT2D eigenvalue weighted by atomic mass is 10.2. The lowest BCUT2D eigenvalue weighted by Crippen LogP contribution is -2.15. The zero-order valence-corrected chi connectivity index (χ0v) is 12.5. The van der Waals surface area contributed by atoms with E-state index in [-0.39, 0.29) is 6.10 Å². The molecule has 1 unspecified atom stereocenters. The molecule has 102 valence electrons. The van der Waals surface area contributed by atoms with E-state index in [1.54, 1.807) is 7.11 Å². The zero-order valence-electron chi connectivity index (χ0n) is 11.7. The van der Waals surface area contributed by atoms with E-state index in [1.807, 2.05) is 11.3 Å². The van der Waals surface area contributed by atoms with Gasteiger partial charge in [-0.3, -0.25) is 0 Å². The van der Waals surface area contributed by atoms with Gasteiger partial charge >= 0.3 is 0 Å². The monoisotopic (exact) mass is 268 g/mol. The molecule has 1 aliphatic rings. The molecule has 1 aromatic rings. The molecule has 1 aliphatic carbocycles. The standard InChI is InChI=1S/C14H24N2OS/c1-4-5-12-13(9-15-11-6-7-11)18-14(16-12)8-10(2)17-3/h10-11,15H,4-9H2,1-3H3. The predicted molar refractivity (Wildman–Crippen MR) is 76.1 cm³/mol. The maximum Gasteiger partial charge on any atom is 0.0957 e. The van der Waals surface area contributed by atoms with Crippen molar-refractivity contribution >= 4 is 11.3 Å². The first kappa shape index (κ1) is 14.0. The Hall–Kier alpha value is -0.450. The van der Waals surface area contributed by atoms with Crippen molar-refractivity contribution in [3.05, 3.63) is 15.6 Å². The molecule has 18 heavy (non-hydrogen) atoms. The van der Waals surface area contributed by atoms with Crippen LogP contribution in [0.25, 0.3) is 0 Å². The van der Waals surface area contributed by atoms with E-state index in [2.05, 4.69) is 19.2 Å². The minimum Gasteiger partial charge on any atom is -0.381 e. The number of aromatic nitrogens is 1. The van der Waals surface area contributed by atoms with Gasteiger partial charge in [0.15, 0.2) is 0 Å². The molecule has 1 N–H and O–H groups in total. The first-order valence-corrected chi connectivity index (χ1v) is 7.78. The van der Waals surface area contributed by atoms with Crippen molar-refractivity contribution in [1.82, 2.24) is 10.3 Å². The number of nitrogens with one attached hydrogen (secondary N) is 1. The number of hydrogen-bond acceptors (Lipinski definition) is 4. The molecule has 0 amide bonds. The van der Waals surface area contributed by atoms with Crippen LogP contribution < -0.4 is 5.32 Å². The summed E-state index contributed by atoms with van der Waals surface area (Å²) in [5, 5.41) is 4.81. The average Bonchev–Trinajstić information content (AvgIpc) is 3.11. The molecular weight excluding hydrogens is 244 g/mol. The molecule has 3 nitrogen and oxygen atoms in total. The summed E-state index contributed by atoms with van der Waals surface area (Å²) in [5.74, 6) is 0. The molecule has 1 aromatic heterocycles. The maximum atomic E-state index is 5.32. The maximum absolute atomic E-state index is 5.32. The van der Waals surface area contributed by atoms with Crippen molar-refractivity contribution in [3.63, 3.8) is 0 Å². The van der Waals surface area contributed by atoms with Crippen LogP contribution in [-0.2, 0) is 24.1 Å². The highest BCUT2D eigenvalue weighted by Gasteiger charge is 2.21. The zero-order chi connectivity index (χ0) is 13.0. The molecule has 0 aliphatic heterocycles. The quantitative estimate of drug-likeness (QED) is 0.787. The predicted octanol–water partition coefficient (Wildman–Crippen LogP) is 2.93. The smallest absolute Gasteiger partial charge is 0.0957 e. The van der Waals surface area contributed by atoms with Crippen LogP contribution >= 0.6 is 11.3 Å². The number of aryl methyl sites for hydroxylation is 1. The number of hydrogen-bond donors (Lipinski definition) is 1. The largest absolute Gasteiger partial charge is 0.381 e. The molecule has 1 fully saturated rings. The van der Waals surface area contributed by atoms with Gasteiger partial charge in [0.2, 0.25) is 0 Å². The number of thiazole rings is 1. The summed E-state index contributed by atoms with van der Waals surface area (Å²) in [7, 11) is 1.76. The molecule has 0 aromatic carbocycles. The summed E-state index contributed by atoms with van der Waals surface area (Å²) in [5.41, 5.74) is 1.30. The van der Waals surface area contributed by atoms with E-state index < -0.39 is 0 Å². The molecule has 1 atom stereocenters. The lowest BCUT2D eigenvalue weighted by molar-refractivity contribution is 0.118. The lowest BCUT2D eigenvalue weighted by Gasteiger charge is -2.05. The Morgan fingerprint density at radius 1 is 1.50 bits per heavy atom. The van der Waals surface area contributed by atoms with Gasteiger partial charge in [-0.25, -0.2) is 4.98 Å². The van der Waals surface area contributed by atoms with Crippen LogP contribution in [0.5, 0.6) is 0 Å². The molecule has 0 bridgehead atoms. The summed E-state index contributed by atoms with van der Waals surface area (Å²) in [6.45, 7) is 5.32. The Kier molecular flexibility index (Phi) is 5.15. The third kappa shape index (κ3) is 4.04. The van der Waals surface area contributed by atoms with E-state index in [1.165, 1.54) is 34.8 Å². The molecule has 2 rings (SSSR count). The SMILES string of the molecule is CCCc1nc(CC(C)OC)sc1CNC1CC1. The Morgan fingerprint density at radius 2 is 2.28 bits per heavy atom. The van der Waals surface area contributed by atoms with E-state index in [4.69, 9.17) is 9.72 Å². The first-order chi connectivity index (χ1) is 8.72. The van der Waals surface area contributed by atoms with Crippen LogP contribution in [0.15, 0.2) is 0 Å². The number of methoxy groups -OCH3 is 1. The first-order valence-electron chi connectivity index (χ1n) is 6.96. The second kappa shape index (κ2) is 6.64. The number of nitrogens with zero attached hydrogens (tertiary/aromatic N) is 1. The van der Waals surface area contributed by atoms with E-state index in [9.17, 15) is 0 Å². The van der Waals surface area contributed by atoms with Gasteiger partial charge in [-0.15, -0.1) is 11.3 Å². The molecule has 0 saturated heterocycles. The molecule has 0 spiro atoms. The van der Waals surface area contributed by atoms with Gasteiger partial charge in [-0.1, -0.05) is 13.3 Å². The van der Waals surface area contributed by atoms with Crippen molar-refractivity contribution < 1.29 is 4.74 Å². The minimum atomic E-state index is 0.259. The highest BCUT2D eigenvalue weighted by Crippen LogP contribution is 2.24. The second-order valence-electron chi connectivity index (χ2n) is 5.13. The average molecular weight is 268 g/mol. The second-order valence-corrected chi connectivity index (χ2v) is 6.30. The Labute approximate surface area is 114 Å². The van der Waals surface area contributed by atoms with Crippen LogP contribution in [0.4, 0.5) is 0 Å². The van der Waals surface area contributed by atoms with Gasteiger partial charge in [-0.2, -0.15) is 0 Å². The summed E-state index contributed by atoms with van der Waals surface area (Å²) < 4.78 is 5.32. The van der Waals surface area contributed by atoms with Crippen LogP contribution in [0.3, 0.4) is 0 Å². The van der Waals surface area contributed by atoms with Crippen LogP contribution in [-0.4, -0.2) is 24.2 Å². The molecule has 1 heterocycles. The van der Waals surface area contributed by atoms with Crippen molar-refractivity contribution in [2.75, 3.05) is 7.11 Å². The summed E-state index contributed by atoms with van der Waals surface area (Å²) in [6, 6.07) is 0.767. The fourth-order valence-corrected chi connectivity index (χ4v) is 3.13. The molecule has 0 radical (unpaired) electrons. The van der Waals surface area contributed by atoms with Gasteiger partial charge in [0.25, 0.3) is 0 Å². The van der Waals surface area contributed by atoms with Gasteiger partial charge in [0, 0.05) is 31.0 Å². The normalized spacial score (nSPS) is 17.1. The van der Waals surface area contributed by atoms with Gasteiger partial charge in [0.1, 0.15) is 0 Å². The van der Waals surface area contributed by atoms with Crippen LogP contribution in [0.2, 0.25) is 0 Å². The van der Waals surface area contributed by atoms with E-state index in [0.717, 1.165) is 25.4 Å². The topological polar surface area (TPSA) is 34.1 Å². The third-order valence-corrected chi connectivity index (χ3v) is 4.42. The number of ether oxygens (including phenoxy) is 1. The van der Waals surface area contributed by atoms with E-state index >= 15 is 0 Å². The fraction of sp³-hybridized carbons (Fsp3) is 0.786. The van der Waals surface area contributed by atoms with Crippen molar-refractivity contribution in [2.24, 2.45) is 0 Å². The van der Waals surface area contributed by atoms with Crippen molar-refractivity contribution in [3.8, 4) is 0 Å².